The Bertz CT molecular complexity index is 15.5. The van der Waals surface area contributed by atoms with Gasteiger partial charge in [0.2, 0.25) is 0 Å². The molecule has 0 aromatic carbocycles. The van der Waals surface area contributed by atoms with Gasteiger partial charge >= 0.3 is 72.8 Å². The summed E-state index contributed by atoms with van der Waals surface area (Å²) in [4.78, 5) is 0. The van der Waals surface area contributed by atoms with Crippen molar-refractivity contribution in [2.45, 2.75) is 0 Å². The van der Waals surface area contributed by atoms with Gasteiger partial charge < -0.3 is 0 Å². The molecule has 0 aliphatic heterocycles. The standard InChI is InChI=1S/Al.In.3O.Sn.2H. The summed E-state index contributed by atoms with van der Waals surface area (Å²) in [5.74, 6) is 0. The summed E-state index contributed by atoms with van der Waals surface area (Å²) < 4.78 is 25.0. The Kier molecular flexibility index (Phi) is 211. The van der Waals surface area contributed by atoms with Gasteiger partial charge in [-0.2, -0.15) is 0 Å². The molecule has 0 aliphatic carbocycles. The van der Waals surface area contributed by atoms with Crippen LogP contribution in [-0.2, 0) is 9.73 Å². The van der Waals surface area contributed by atoms with Crippen molar-refractivity contribution >= 4 is 63.1 Å². The van der Waals surface area contributed by atoms with E-state index in [9.17, 15) is 0 Å². The number of rotatable bonds is 0. The van der Waals surface area contributed by atoms with E-state index in [4.69, 9.17) is 9.73 Å². The third kappa shape index (κ3) is 46.2. The molecular formula is H2AlInO3Sn. The Hall–Kier alpha value is 1.60. The van der Waals surface area contributed by atoms with Crippen molar-refractivity contribution in [1.82, 2.24) is 0 Å². The van der Waals surface area contributed by atoms with Gasteiger partial charge in [0.25, 0.3) is 0 Å². The minimum atomic E-state index is -0.1000. The summed E-state index contributed by atoms with van der Waals surface area (Å²) in [5.41, 5.74) is 0. The van der Waals surface area contributed by atoms with E-state index in [1.165, 1.54) is 0 Å². The van der Waals surface area contributed by atoms with Crippen molar-refractivity contribution in [3.8, 4) is 0 Å². The molecule has 6 heteroatoms. The summed E-state index contributed by atoms with van der Waals surface area (Å²) in [5, 5.41) is 0. The summed E-state index contributed by atoms with van der Waals surface area (Å²) >= 11 is 0.811. The van der Waals surface area contributed by atoms with E-state index >= 15 is 0 Å². The number of hydrogen-bond acceptors (Lipinski definition) is 3. The second-order valence-electron chi connectivity index (χ2n) is 0. The maximum absolute atomic E-state index is 8.42. The molecule has 0 saturated carbocycles. The fourth-order valence-electron chi connectivity index (χ4n) is 0. The predicted molar refractivity (Wildman–Crippen MR) is 22.1 cm³/mol. The molecule has 0 bridgehead atoms. The number of hydrogen-bond donors (Lipinski definition) is 0. The fourth-order valence-corrected chi connectivity index (χ4v) is 0. The zero-order chi connectivity index (χ0) is 6.00. The first-order valence-corrected chi connectivity index (χ1v) is 4.17. The summed E-state index contributed by atoms with van der Waals surface area (Å²) in [6, 6.07) is 0. The Morgan fingerprint density at radius 3 is 1.17 bits per heavy atom. The summed E-state index contributed by atoms with van der Waals surface area (Å²) in [6.45, 7) is 0. The third-order valence-electron chi connectivity index (χ3n) is 0. The van der Waals surface area contributed by atoms with E-state index in [2.05, 4.69) is 0 Å². The first-order valence-electron chi connectivity index (χ1n) is 0.781. The molecule has 0 unspecified atom stereocenters. The monoisotopic (exact) mass is 312 g/mol. The quantitative estimate of drug-likeness (QED) is 0.485. The van der Waals surface area contributed by atoms with E-state index in [1.807, 2.05) is 0 Å². The second-order valence-corrected chi connectivity index (χ2v) is 0. The Morgan fingerprint density at radius 1 is 1.17 bits per heavy atom. The van der Waals surface area contributed by atoms with E-state index in [0.29, 0.717) is 38.7 Å². The molecule has 0 aromatic rings. The van der Waals surface area contributed by atoms with Gasteiger partial charge in [-0.05, 0) is 0 Å². The van der Waals surface area contributed by atoms with Crippen LogP contribution in [0.1, 0.15) is 0 Å². The van der Waals surface area contributed by atoms with Crippen LogP contribution in [0.5, 0.6) is 0 Å². The zero-order valence-corrected chi connectivity index (χ0v) is 11.4. The van der Waals surface area contributed by atoms with Crippen molar-refractivity contribution in [2.75, 3.05) is 0 Å². The minimum absolute atomic E-state index is 0.1000. The summed E-state index contributed by atoms with van der Waals surface area (Å²) in [7, 11) is 0. The zero-order valence-electron chi connectivity index (χ0n) is 3.14. The van der Waals surface area contributed by atoms with Crippen LogP contribution in [-0.4, -0.2) is 63.1 Å². The Morgan fingerprint density at radius 2 is 1.17 bits per heavy atom. The van der Waals surface area contributed by atoms with Crippen molar-refractivity contribution in [3.63, 3.8) is 0 Å². The van der Waals surface area contributed by atoms with Crippen LogP contribution >= 0.6 is 0 Å². The van der Waals surface area contributed by atoms with Crippen LogP contribution in [0.2, 0.25) is 0 Å². The van der Waals surface area contributed by atoms with Gasteiger partial charge in [0, 0.05) is 0 Å². The van der Waals surface area contributed by atoms with Crippen LogP contribution in [0.15, 0.2) is 0 Å². The molecule has 0 aliphatic rings. The molecule has 30 valence electrons. The molecule has 0 spiro atoms. The molecule has 0 aromatic heterocycles. The van der Waals surface area contributed by atoms with Crippen molar-refractivity contribution in [1.29, 1.82) is 0 Å². The average molecular weight is 311 g/mol. The van der Waals surface area contributed by atoms with Crippen LogP contribution in [0.25, 0.3) is 0 Å². The van der Waals surface area contributed by atoms with E-state index in [-0.39, 0.29) is 24.4 Å². The van der Waals surface area contributed by atoms with Gasteiger partial charge in [0.1, 0.15) is 0 Å². The first-order chi connectivity index (χ1) is 3.00. The molecular weight excluding hydrogens is 309 g/mol. The molecule has 6 heavy (non-hydrogen) atoms. The Balaban J connectivity index is -0.0000000225. The van der Waals surface area contributed by atoms with E-state index in [1.54, 1.807) is 0 Å². The normalized spacial score (nSPS) is 1.67. The molecule has 0 atom stereocenters. The van der Waals surface area contributed by atoms with Crippen LogP contribution in [0.3, 0.4) is 0 Å². The topological polar surface area (TPSA) is 51.2 Å². The average Bonchev–Trinajstić information content (AvgIpc) is 1.81. The molecule has 0 heterocycles. The third-order valence-corrected chi connectivity index (χ3v) is 0. The van der Waals surface area contributed by atoms with E-state index in [0.717, 1.165) is 0 Å². The molecule has 0 rings (SSSR count). The Labute approximate surface area is 72.0 Å². The molecule has 0 amide bonds. The molecule has 0 fully saturated rings. The van der Waals surface area contributed by atoms with Crippen LogP contribution < -0.4 is 0 Å². The molecule has 0 N–H and O–H groups in total. The van der Waals surface area contributed by atoms with E-state index < -0.39 is 0 Å². The van der Waals surface area contributed by atoms with Crippen LogP contribution in [0.4, 0.5) is 0 Å². The van der Waals surface area contributed by atoms with Crippen molar-refractivity contribution in [2.24, 2.45) is 0 Å². The van der Waals surface area contributed by atoms with Gasteiger partial charge in [-0.3, -0.25) is 0 Å². The van der Waals surface area contributed by atoms with Gasteiger partial charge in [-0.25, -0.2) is 0 Å². The van der Waals surface area contributed by atoms with Gasteiger partial charge in [-0.1, -0.05) is 0 Å². The van der Waals surface area contributed by atoms with Gasteiger partial charge in [0.05, 0.1) is 0 Å². The molecule has 0 saturated heterocycles. The van der Waals surface area contributed by atoms with Crippen LogP contribution in [0, 0.1) is 0 Å². The van der Waals surface area contributed by atoms with Crippen molar-refractivity contribution in [3.05, 3.63) is 0 Å². The van der Waals surface area contributed by atoms with Gasteiger partial charge in [0.15, 0.2) is 0 Å². The molecule has 3 nitrogen and oxygen atoms in total. The SMILES string of the molecule is [O]=[AlH].[O]=[InH].[O]=[Sn]. The summed E-state index contributed by atoms with van der Waals surface area (Å²) in [6.07, 6.45) is 0. The first kappa shape index (κ1) is 15.6. The predicted octanol–water partition coefficient (Wildman–Crippen LogP) is -2.03. The van der Waals surface area contributed by atoms with Crippen molar-refractivity contribution < 1.29 is 9.73 Å². The fraction of sp³-hybridized carbons (Fsp3) is 0. The molecule has 2 radical (unpaired) electrons. The van der Waals surface area contributed by atoms with Gasteiger partial charge in [-0.15, -0.1) is 0 Å². The maximum atomic E-state index is 8.42. The second kappa shape index (κ2) is 80.8.